The molecule has 210 valence electrons. The van der Waals surface area contributed by atoms with E-state index in [1.165, 1.54) is 4.90 Å². The highest BCUT2D eigenvalue weighted by Crippen LogP contribution is 2.25. The summed E-state index contributed by atoms with van der Waals surface area (Å²) in [5.74, 6) is -0.110. The topological polar surface area (TPSA) is 114 Å². The van der Waals surface area contributed by atoms with Gasteiger partial charge in [-0.25, -0.2) is 4.79 Å². The van der Waals surface area contributed by atoms with E-state index in [0.29, 0.717) is 36.3 Å². The van der Waals surface area contributed by atoms with Crippen molar-refractivity contribution in [3.63, 3.8) is 0 Å². The van der Waals surface area contributed by atoms with E-state index in [2.05, 4.69) is 23.7 Å². The second-order valence-electron chi connectivity index (χ2n) is 9.67. The largest absolute Gasteiger partial charge is 0.494 e. The number of amides is 2. The van der Waals surface area contributed by atoms with Gasteiger partial charge in [0.15, 0.2) is 0 Å². The molecule has 0 aliphatic heterocycles. The lowest BCUT2D eigenvalue weighted by molar-refractivity contribution is -0.122. The van der Waals surface area contributed by atoms with Gasteiger partial charge in [0.25, 0.3) is 0 Å². The van der Waals surface area contributed by atoms with E-state index < -0.39 is 5.91 Å². The Labute approximate surface area is 234 Å². The van der Waals surface area contributed by atoms with Gasteiger partial charge in [-0.2, -0.15) is 0 Å². The number of aromatic nitrogens is 2. The number of nitrogens with two attached hydrogens (primary N) is 1. The van der Waals surface area contributed by atoms with Gasteiger partial charge in [-0.15, -0.1) is 0 Å². The Morgan fingerprint density at radius 1 is 0.950 bits per heavy atom. The molecule has 3 aromatic carbocycles. The summed E-state index contributed by atoms with van der Waals surface area (Å²) in [5, 5.41) is 0. The number of imidazole rings is 1. The number of carbonyl (C=O) groups excluding carboxylic acids is 2. The Balaban J connectivity index is 1.59. The summed E-state index contributed by atoms with van der Waals surface area (Å²) < 4.78 is 7.46. The molecule has 9 heteroatoms. The van der Waals surface area contributed by atoms with Crippen molar-refractivity contribution in [2.45, 2.75) is 40.2 Å². The summed E-state index contributed by atoms with van der Waals surface area (Å²) in [4.78, 5) is 45.1. The van der Waals surface area contributed by atoms with Crippen LogP contribution in [0.2, 0.25) is 0 Å². The van der Waals surface area contributed by atoms with Crippen LogP contribution < -0.4 is 26.0 Å². The van der Waals surface area contributed by atoms with Gasteiger partial charge < -0.3 is 25.3 Å². The number of aryl methyl sites for hydroxylation is 2. The molecule has 3 N–H and O–H groups in total. The predicted octanol–water partition coefficient (Wildman–Crippen LogP) is 4.01. The summed E-state index contributed by atoms with van der Waals surface area (Å²) in [7, 11) is 0. The minimum absolute atomic E-state index is 0.00601. The molecule has 0 saturated heterocycles. The highest BCUT2D eigenvalue weighted by molar-refractivity contribution is 6.01. The van der Waals surface area contributed by atoms with Crippen LogP contribution >= 0.6 is 0 Å². The molecule has 4 aromatic rings. The van der Waals surface area contributed by atoms with Crippen LogP contribution in [0, 0.1) is 6.92 Å². The van der Waals surface area contributed by atoms with Crippen molar-refractivity contribution < 1.29 is 14.3 Å². The molecule has 1 aromatic heterocycles. The number of hydrogen-bond donors (Lipinski definition) is 2. The standard InChI is InChI=1S/C31H37N5O4/c1-4-34(5-2)23-13-15-24(16-14-23)36(21-28(32)37)29(38)20-26-22(3)12-17-27-30(26)35(31(39)33-27)18-9-19-40-25-10-7-6-8-11-25/h6-8,10-17H,4-5,9,18-21H2,1-3H3,(H2,32,37)(H,33,39). The van der Waals surface area contributed by atoms with E-state index in [0.717, 1.165) is 35.7 Å². The van der Waals surface area contributed by atoms with E-state index in [-0.39, 0.29) is 24.6 Å². The van der Waals surface area contributed by atoms with Crippen molar-refractivity contribution in [2.75, 3.05) is 36.0 Å². The van der Waals surface area contributed by atoms with Crippen molar-refractivity contribution in [3.8, 4) is 5.75 Å². The third kappa shape index (κ3) is 6.54. The van der Waals surface area contributed by atoms with E-state index in [1.807, 2.05) is 73.7 Å². The lowest BCUT2D eigenvalue weighted by atomic mass is 10.0. The molecule has 0 aliphatic carbocycles. The summed E-state index contributed by atoms with van der Waals surface area (Å²) in [6.07, 6.45) is 0.613. The van der Waals surface area contributed by atoms with Crippen molar-refractivity contribution in [2.24, 2.45) is 5.73 Å². The third-order valence-electron chi connectivity index (χ3n) is 7.04. The zero-order valence-electron chi connectivity index (χ0n) is 23.4. The van der Waals surface area contributed by atoms with Crippen LogP contribution in [-0.2, 0) is 22.6 Å². The average Bonchev–Trinajstić information content (AvgIpc) is 3.28. The predicted molar refractivity (Wildman–Crippen MR) is 159 cm³/mol. The minimum Gasteiger partial charge on any atom is -0.494 e. The summed E-state index contributed by atoms with van der Waals surface area (Å²) in [5.41, 5.74) is 9.89. The first-order valence-corrected chi connectivity index (χ1v) is 13.6. The Morgan fingerprint density at radius 2 is 1.62 bits per heavy atom. The molecule has 1 heterocycles. The lowest BCUT2D eigenvalue weighted by Gasteiger charge is -2.25. The normalized spacial score (nSPS) is 11.0. The monoisotopic (exact) mass is 543 g/mol. The number of hydrogen-bond acceptors (Lipinski definition) is 5. The van der Waals surface area contributed by atoms with Gasteiger partial charge in [0, 0.05) is 31.0 Å². The van der Waals surface area contributed by atoms with Crippen molar-refractivity contribution >= 4 is 34.2 Å². The van der Waals surface area contributed by atoms with Crippen LogP contribution in [-0.4, -0.2) is 47.6 Å². The fraction of sp³-hybridized carbons (Fsp3) is 0.323. The van der Waals surface area contributed by atoms with Crippen molar-refractivity contribution in [1.29, 1.82) is 0 Å². The molecule has 9 nitrogen and oxygen atoms in total. The maximum Gasteiger partial charge on any atom is 0.326 e. The Kier molecular flexibility index (Phi) is 9.27. The fourth-order valence-electron chi connectivity index (χ4n) is 4.95. The molecule has 0 spiro atoms. The highest BCUT2D eigenvalue weighted by Gasteiger charge is 2.22. The van der Waals surface area contributed by atoms with E-state index >= 15 is 0 Å². The molecule has 40 heavy (non-hydrogen) atoms. The number of para-hydroxylation sites is 1. The first-order chi connectivity index (χ1) is 19.3. The highest BCUT2D eigenvalue weighted by atomic mass is 16.5. The third-order valence-corrected chi connectivity index (χ3v) is 7.04. The van der Waals surface area contributed by atoms with E-state index in [9.17, 15) is 14.4 Å². The summed E-state index contributed by atoms with van der Waals surface area (Å²) >= 11 is 0. The van der Waals surface area contributed by atoms with Gasteiger partial charge in [0.05, 0.1) is 24.1 Å². The maximum atomic E-state index is 13.7. The van der Waals surface area contributed by atoms with Crippen LogP contribution in [0.15, 0.2) is 71.5 Å². The van der Waals surface area contributed by atoms with Crippen LogP contribution in [0.25, 0.3) is 11.0 Å². The number of anilines is 2. The van der Waals surface area contributed by atoms with E-state index in [1.54, 1.807) is 4.57 Å². The smallest absolute Gasteiger partial charge is 0.326 e. The average molecular weight is 544 g/mol. The number of primary amides is 1. The Morgan fingerprint density at radius 3 is 2.27 bits per heavy atom. The molecule has 4 rings (SSSR count). The number of fused-ring (bicyclic) bond motifs is 1. The molecule has 0 unspecified atom stereocenters. The minimum atomic E-state index is -0.604. The molecular formula is C31H37N5O4. The fourth-order valence-corrected chi connectivity index (χ4v) is 4.95. The van der Waals surface area contributed by atoms with Crippen LogP contribution in [0.3, 0.4) is 0 Å². The maximum absolute atomic E-state index is 13.7. The zero-order chi connectivity index (χ0) is 28.6. The number of H-pyrrole nitrogens is 1. The van der Waals surface area contributed by atoms with Gasteiger partial charge in [-0.05, 0) is 80.8 Å². The SMILES string of the molecule is CCN(CC)c1ccc(N(CC(N)=O)C(=O)Cc2c(C)ccc3[nH]c(=O)n(CCCOc4ccccc4)c23)cc1. The Bertz CT molecular complexity index is 1500. The number of nitrogens with zero attached hydrogens (tertiary/aromatic N) is 3. The Hall–Kier alpha value is -4.53. The first-order valence-electron chi connectivity index (χ1n) is 13.6. The quantitative estimate of drug-likeness (QED) is 0.247. The number of ether oxygens (including phenoxy) is 1. The molecule has 0 aliphatic rings. The van der Waals surface area contributed by atoms with Crippen LogP contribution in [0.5, 0.6) is 5.75 Å². The molecule has 0 atom stereocenters. The summed E-state index contributed by atoms with van der Waals surface area (Å²) in [6, 6.07) is 20.8. The molecular weight excluding hydrogens is 506 g/mol. The van der Waals surface area contributed by atoms with Gasteiger partial charge in [-0.1, -0.05) is 24.3 Å². The zero-order valence-corrected chi connectivity index (χ0v) is 23.4. The molecule has 2 amide bonds. The van der Waals surface area contributed by atoms with Crippen LogP contribution in [0.4, 0.5) is 11.4 Å². The number of nitrogens with one attached hydrogen (secondary N) is 1. The first kappa shape index (κ1) is 28.5. The van der Waals surface area contributed by atoms with Gasteiger partial charge in [-0.3, -0.25) is 14.2 Å². The summed E-state index contributed by atoms with van der Waals surface area (Å²) in [6.45, 7) is 8.43. The molecule has 0 saturated carbocycles. The second kappa shape index (κ2) is 13.0. The second-order valence-corrected chi connectivity index (χ2v) is 9.67. The number of aromatic amines is 1. The van der Waals surface area contributed by atoms with Gasteiger partial charge >= 0.3 is 5.69 Å². The molecule has 0 radical (unpaired) electrons. The van der Waals surface area contributed by atoms with Crippen LogP contribution in [0.1, 0.15) is 31.4 Å². The lowest BCUT2D eigenvalue weighted by Crippen LogP contribution is -2.39. The molecule has 0 fully saturated rings. The number of rotatable bonds is 13. The van der Waals surface area contributed by atoms with Gasteiger partial charge in [0.1, 0.15) is 12.3 Å². The van der Waals surface area contributed by atoms with Crippen molar-refractivity contribution in [3.05, 3.63) is 88.3 Å². The number of benzene rings is 3. The molecule has 0 bridgehead atoms. The van der Waals surface area contributed by atoms with Gasteiger partial charge in [0.2, 0.25) is 11.8 Å². The number of carbonyl (C=O) groups is 2. The van der Waals surface area contributed by atoms with E-state index in [4.69, 9.17) is 10.5 Å². The van der Waals surface area contributed by atoms with Crippen molar-refractivity contribution in [1.82, 2.24) is 9.55 Å².